The molecule has 2 fully saturated rings. The Morgan fingerprint density at radius 3 is 2.70 bits per heavy atom. The molecule has 2 saturated heterocycles. The van der Waals surface area contributed by atoms with Crippen LogP contribution in [-0.4, -0.2) is 67.1 Å². The zero-order valence-corrected chi connectivity index (χ0v) is 15.9. The van der Waals surface area contributed by atoms with Gasteiger partial charge in [-0.15, -0.1) is 0 Å². The van der Waals surface area contributed by atoms with Crippen molar-refractivity contribution < 1.29 is 19.1 Å². The molecule has 2 amide bonds. The summed E-state index contributed by atoms with van der Waals surface area (Å²) in [5.74, 6) is -0.0712. The number of nitrogens with zero attached hydrogens (tertiary/aromatic N) is 2. The number of hydrogen-bond acceptors (Lipinski definition) is 4. The fourth-order valence-corrected chi connectivity index (χ4v) is 4.48. The second kappa shape index (κ2) is 7.98. The summed E-state index contributed by atoms with van der Waals surface area (Å²) in [5, 5.41) is 0. The van der Waals surface area contributed by atoms with E-state index in [4.69, 9.17) is 9.47 Å². The van der Waals surface area contributed by atoms with Gasteiger partial charge in [-0.1, -0.05) is 24.3 Å². The molecule has 3 aliphatic rings. The minimum Gasteiger partial charge on any atom is -0.381 e. The molecule has 146 valence electrons. The Kier molecular flexibility index (Phi) is 5.45. The van der Waals surface area contributed by atoms with Gasteiger partial charge in [0.05, 0.1) is 18.6 Å². The molecule has 0 saturated carbocycles. The van der Waals surface area contributed by atoms with Crippen LogP contribution in [0.15, 0.2) is 24.3 Å². The van der Waals surface area contributed by atoms with E-state index >= 15 is 0 Å². The Balaban J connectivity index is 1.32. The first-order chi connectivity index (χ1) is 13.1. The number of rotatable bonds is 4. The van der Waals surface area contributed by atoms with Crippen LogP contribution in [-0.2, 0) is 32.1 Å². The Labute approximate surface area is 160 Å². The van der Waals surface area contributed by atoms with Gasteiger partial charge >= 0.3 is 0 Å². The molecule has 0 N–H and O–H groups in total. The van der Waals surface area contributed by atoms with Crippen molar-refractivity contribution in [2.24, 2.45) is 5.92 Å². The predicted octanol–water partition coefficient (Wildman–Crippen LogP) is 1.61. The van der Waals surface area contributed by atoms with Gasteiger partial charge in [-0.3, -0.25) is 9.59 Å². The first-order valence-corrected chi connectivity index (χ1v) is 9.92. The van der Waals surface area contributed by atoms with Gasteiger partial charge in [0, 0.05) is 52.2 Å². The van der Waals surface area contributed by atoms with Gasteiger partial charge in [0.1, 0.15) is 0 Å². The molecule has 6 nitrogen and oxygen atoms in total. The van der Waals surface area contributed by atoms with Gasteiger partial charge in [0.15, 0.2) is 0 Å². The summed E-state index contributed by atoms with van der Waals surface area (Å²) in [4.78, 5) is 29.0. The van der Waals surface area contributed by atoms with Gasteiger partial charge in [0.25, 0.3) is 0 Å². The molecule has 0 bridgehead atoms. The average Bonchev–Trinajstić information content (AvgIpc) is 3.09. The van der Waals surface area contributed by atoms with Crippen LogP contribution in [0, 0.1) is 5.92 Å². The summed E-state index contributed by atoms with van der Waals surface area (Å²) >= 11 is 0. The van der Waals surface area contributed by atoms with Gasteiger partial charge in [0.2, 0.25) is 11.8 Å². The van der Waals surface area contributed by atoms with Crippen LogP contribution >= 0.6 is 0 Å². The summed E-state index contributed by atoms with van der Waals surface area (Å²) in [6.07, 6.45) is 2.91. The number of amides is 2. The highest BCUT2D eigenvalue weighted by atomic mass is 16.5. The second-order valence-corrected chi connectivity index (χ2v) is 7.92. The number of likely N-dealkylation sites (tertiary alicyclic amines) is 1. The first-order valence-electron chi connectivity index (χ1n) is 9.92. The Bertz CT molecular complexity index is 701. The molecular formula is C21H28N2O4. The molecule has 6 heteroatoms. The quantitative estimate of drug-likeness (QED) is 0.806. The topological polar surface area (TPSA) is 59.1 Å². The third-order valence-corrected chi connectivity index (χ3v) is 6.03. The lowest BCUT2D eigenvalue weighted by Crippen LogP contribution is -2.43. The molecule has 3 aliphatic heterocycles. The van der Waals surface area contributed by atoms with Crippen LogP contribution in [0.25, 0.3) is 0 Å². The molecule has 0 aromatic heterocycles. The van der Waals surface area contributed by atoms with Crippen LogP contribution in [0.2, 0.25) is 0 Å². The molecule has 3 heterocycles. The van der Waals surface area contributed by atoms with Crippen molar-refractivity contribution >= 4 is 11.8 Å². The molecule has 2 unspecified atom stereocenters. The van der Waals surface area contributed by atoms with Crippen molar-refractivity contribution in [3.05, 3.63) is 35.4 Å². The standard InChI is InChI=1S/C21H28N2O4/c1-22(13-19-10-15-4-2-3-5-16(15)14-27-19)21(25)17-11-20(24)23(12-17)18-6-8-26-9-7-18/h2-5,17-19H,6-14H2,1H3. The van der Waals surface area contributed by atoms with Crippen LogP contribution in [0.5, 0.6) is 0 Å². The number of likely N-dealkylation sites (N-methyl/N-ethyl adjacent to an activating group) is 1. The lowest BCUT2D eigenvalue weighted by atomic mass is 9.98. The normalized spacial score (nSPS) is 26.1. The van der Waals surface area contributed by atoms with Crippen LogP contribution < -0.4 is 0 Å². The molecule has 1 aromatic carbocycles. The van der Waals surface area contributed by atoms with Crippen molar-refractivity contribution in [2.45, 2.75) is 44.4 Å². The van der Waals surface area contributed by atoms with Gasteiger partial charge in [-0.2, -0.15) is 0 Å². The Hall–Kier alpha value is -1.92. The molecule has 0 radical (unpaired) electrons. The molecule has 2 atom stereocenters. The zero-order chi connectivity index (χ0) is 18.8. The zero-order valence-electron chi connectivity index (χ0n) is 15.9. The van der Waals surface area contributed by atoms with Gasteiger partial charge in [-0.05, 0) is 24.0 Å². The van der Waals surface area contributed by atoms with E-state index in [0.717, 1.165) is 19.3 Å². The smallest absolute Gasteiger partial charge is 0.227 e. The monoisotopic (exact) mass is 372 g/mol. The molecule has 1 aromatic rings. The lowest BCUT2D eigenvalue weighted by molar-refractivity contribution is -0.136. The molecule has 0 spiro atoms. The largest absolute Gasteiger partial charge is 0.381 e. The summed E-state index contributed by atoms with van der Waals surface area (Å²) in [5.41, 5.74) is 2.53. The van der Waals surface area contributed by atoms with E-state index in [9.17, 15) is 9.59 Å². The van der Waals surface area contributed by atoms with Gasteiger partial charge in [-0.25, -0.2) is 0 Å². The maximum absolute atomic E-state index is 12.9. The number of hydrogen-bond donors (Lipinski definition) is 0. The third kappa shape index (κ3) is 4.01. The fourth-order valence-electron chi connectivity index (χ4n) is 4.48. The van der Waals surface area contributed by atoms with E-state index in [0.29, 0.717) is 39.3 Å². The van der Waals surface area contributed by atoms with E-state index in [1.807, 2.05) is 24.1 Å². The van der Waals surface area contributed by atoms with Crippen molar-refractivity contribution in [3.8, 4) is 0 Å². The van der Waals surface area contributed by atoms with Crippen LogP contribution in [0.4, 0.5) is 0 Å². The Morgan fingerprint density at radius 2 is 1.93 bits per heavy atom. The van der Waals surface area contributed by atoms with E-state index in [-0.39, 0.29) is 29.9 Å². The van der Waals surface area contributed by atoms with E-state index < -0.39 is 0 Å². The highest BCUT2D eigenvalue weighted by molar-refractivity contribution is 5.89. The van der Waals surface area contributed by atoms with Crippen molar-refractivity contribution in [1.29, 1.82) is 0 Å². The summed E-state index contributed by atoms with van der Waals surface area (Å²) < 4.78 is 11.3. The number of carbonyl (C=O) groups excluding carboxylic acids is 2. The number of benzene rings is 1. The van der Waals surface area contributed by atoms with E-state index in [1.54, 1.807) is 4.90 Å². The van der Waals surface area contributed by atoms with Crippen molar-refractivity contribution in [1.82, 2.24) is 9.80 Å². The van der Waals surface area contributed by atoms with Crippen molar-refractivity contribution in [2.75, 3.05) is 33.4 Å². The number of fused-ring (bicyclic) bond motifs is 1. The molecule has 4 rings (SSSR count). The molecule has 0 aliphatic carbocycles. The summed E-state index contributed by atoms with van der Waals surface area (Å²) in [7, 11) is 1.83. The minimum atomic E-state index is -0.235. The summed E-state index contributed by atoms with van der Waals surface area (Å²) in [6.45, 7) is 3.11. The highest BCUT2D eigenvalue weighted by Crippen LogP contribution is 2.27. The maximum Gasteiger partial charge on any atom is 0.227 e. The number of ether oxygens (including phenoxy) is 2. The second-order valence-electron chi connectivity index (χ2n) is 7.92. The lowest BCUT2D eigenvalue weighted by Gasteiger charge is -2.32. The van der Waals surface area contributed by atoms with Gasteiger partial charge < -0.3 is 19.3 Å². The average molecular weight is 372 g/mol. The Morgan fingerprint density at radius 1 is 1.19 bits per heavy atom. The van der Waals surface area contributed by atoms with Crippen LogP contribution in [0.3, 0.4) is 0 Å². The number of carbonyl (C=O) groups is 2. The van der Waals surface area contributed by atoms with Crippen LogP contribution in [0.1, 0.15) is 30.4 Å². The van der Waals surface area contributed by atoms with E-state index in [1.165, 1.54) is 11.1 Å². The highest BCUT2D eigenvalue weighted by Gasteiger charge is 2.39. The first kappa shape index (κ1) is 18.4. The van der Waals surface area contributed by atoms with E-state index in [2.05, 4.69) is 12.1 Å². The maximum atomic E-state index is 12.9. The third-order valence-electron chi connectivity index (χ3n) is 6.03. The SMILES string of the molecule is CN(CC1Cc2ccccc2CO1)C(=O)C1CC(=O)N(C2CCOCC2)C1. The molecule has 27 heavy (non-hydrogen) atoms. The predicted molar refractivity (Wildman–Crippen MR) is 100 cm³/mol. The van der Waals surface area contributed by atoms with Crippen molar-refractivity contribution in [3.63, 3.8) is 0 Å². The fraction of sp³-hybridized carbons (Fsp3) is 0.619. The molecular weight excluding hydrogens is 344 g/mol. The minimum absolute atomic E-state index is 0.0116. The summed E-state index contributed by atoms with van der Waals surface area (Å²) in [6, 6.07) is 8.53.